The summed E-state index contributed by atoms with van der Waals surface area (Å²) in [5, 5.41) is 11.2. The van der Waals surface area contributed by atoms with Crippen molar-refractivity contribution in [3.63, 3.8) is 0 Å². The van der Waals surface area contributed by atoms with Crippen LogP contribution in [0.25, 0.3) is 17.2 Å². The Labute approximate surface area is 680 Å². The van der Waals surface area contributed by atoms with E-state index in [1.165, 1.54) is 10.4 Å². The minimum absolute atomic E-state index is 0.00872. The van der Waals surface area contributed by atoms with Crippen molar-refractivity contribution >= 4 is 75.1 Å². The number of carbonyl (C=O) groups is 7. The van der Waals surface area contributed by atoms with Crippen molar-refractivity contribution in [2.24, 2.45) is 22.6 Å². The number of rotatable bonds is 54. The quantitative estimate of drug-likeness (QED) is 0.00910. The van der Waals surface area contributed by atoms with Crippen LogP contribution in [0.2, 0.25) is 0 Å². The van der Waals surface area contributed by atoms with Crippen molar-refractivity contribution in [2.45, 2.75) is 122 Å². The maximum absolute atomic E-state index is 13.9. The van der Waals surface area contributed by atoms with E-state index in [1.807, 2.05) is 39.0 Å². The molecular formula is C81H113F4N9O22S. The molecule has 0 bridgehead atoms. The Morgan fingerprint density at radius 1 is 0.650 bits per heavy atom. The molecule has 3 aliphatic rings. The van der Waals surface area contributed by atoms with Gasteiger partial charge in [-0.25, -0.2) is 31.8 Å². The summed E-state index contributed by atoms with van der Waals surface area (Å²) in [6, 6.07) is 17.2. The van der Waals surface area contributed by atoms with Crippen LogP contribution in [0.5, 0.6) is 5.75 Å². The van der Waals surface area contributed by atoms with Crippen molar-refractivity contribution in [1.29, 1.82) is 0 Å². The highest BCUT2D eigenvalue weighted by molar-refractivity contribution is 7.89. The number of carbonyl (C=O) groups excluding carboxylic acids is 7. The molecule has 0 saturated carbocycles. The van der Waals surface area contributed by atoms with Gasteiger partial charge in [-0.1, -0.05) is 57.2 Å². The lowest BCUT2D eigenvalue weighted by molar-refractivity contribution is -0.139. The second-order valence-corrected chi connectivity index (χ2v) is 30.8. The van der Waals surface area contributed by atoms with E-state index in [-0.39, 0.29) is 106 Å². The zero-order chi connectivity index (χ0) is 84.5. The third-order valence-corrected chi connectivity index (χ3v) is 19.9. The van der Waals surface area contributed by atoms with Crippen LogP contribution in [-0.4, -0.2) is 266 Å². The molecule has 3 aliphatic heterocycles. The molecule has 0 radical (unpaired) electrons. The number of esters is 1. The Morgan fingerprint density at radius 3 is 1.76 bits per heavy atom. The van der Waals surface area contributed by atoms with E-state index in [0.29, 0.717) is 197 Å². The molecule has 2 fully saturated rings. The maximum Gasteiger partial charge on any atom is 0.407 e. The van der Waals surface area contributed by atoms with Crippen LogP contribution in [0.1, 0.15) is 104 Å². The monoisotopic (exact) mass is 1670 g/mol. The van der Waals surface area contributed by atoms with Gasteiger partial charge in [0.15, 0.2) is 11.6 Å². The highest BCUT2D eigenvalue weighted by atomic mass is 32.2. The summed E-state index contributed by atoms with van der Waals surface area (Å²) in [5.41, 5.74) is 9.86. The molecule has 1 unspecified atom stereocenters. The molecule has 4 aromatic carbocycles. The third-order valence-electron chi connectivity index (χ3n) is 18.1. The second kappa shape index (κ2) is 50.9. The molecule has 6 amide bonds. The van der Waals surface area contributed by atoms with E-state index in [4.69, 9.17) is 62.6 Å². The van der Waals surface area contributed by atoms with Crippen LogP contribution in [0.4, 0.5) is 38.5 Å². The molecule has 0 aromatic heterocycles. The number of nitrogens with one attached hydrogen (secondary N) is 4. The number of hydrogen-bond donors (Lipinski definition) is 5. The van der Waals surface area contributed by atoms with Gasteiger partial charge in [0, 0.05) is 94.1 Å². The highest BCUT2D eigenvalue weighted by Gasteiger charge is 2.39. The summed E-state index contributed by atoms with van der Waals surface area (Å²) < 4.78 is 153. The summed E-state index contributed by atoms with van der Waals surface area (Å²) in [6.45, 7) is 19.3. The second-order valence-electron chi connectivity index (χ2n) is 28.9. The number of likely N-dealkylation sites (tertiary alicyclic amines) is 1. The lowest BCUT2D eigenvalue weighted by atomic mass is 10.0. The number of nitrogens with two attached hydrogens (primary N) is 1. The van der Waals surface area contributed by atoms with Crippen molar-refractivity contribution in [2.75, 3.05) is 183 Å². The molecule has 6 N–H and O–H groups in total. The summed E-state index contributed by atoms with van der Waals surface area (Å²) in [7, 11) is -3.90. The van der Waals surface area contributed by atoms with E-state index < -0.39 is 93.1 Å². The fraction of sp³-hybridized carbons (Fsp3) is 0.580. The predicted molar refractivity (Wildman–Crippen MR) is 422 cm³/mol. The Kier molecular flexibility index (Phi) is 41.4. The molecule has 2 saturated heterocycles. The largest absolute Gasteiger partial charge is 0.445 e. The summed E-state index contributed by atoms with van der Waals surface area (Å²) in [4.78, 5) is 99.3. The lowest BCUT2D eigenvalue weighted by Crippen LogP contribution is -2.53. The van der Waals surface area contributed by atoms with Gasteiger partial charge in [-0.3, -0.25) is 24.0 Å². The summed E-state index contributed by atoms with van der Waals surface area (Å²) in [5.74, 6) is -11.0. The number of halogens is 4. The van der Waals surface area contributed by atoms with Gasteiger partial charge in [-0.2, -0.15) is 13.1 Å². The van der Waals surface area contributed by atoms with Crippen LogP contribution in [0.3, 0.4) is 0 Å². The van der Waals surface area contributed by atoms with E-state index >= 15 is 0 Å². The average molecular weight is 1670 g/mol. The normalized spacial score (nSPS) is 14.7. The minimum atomic E-state index is -3.90. The molecule has 7 rings (SSSR count). The Morgan fingerprint density at radius 2 is 1.21 bits per heavy atom. The number of ether oxygens (including phenoxy) is 13. The van der Waals surface area contributed by atoms with E-state index in [9.17, 15) is 59.5 Å². The molecule has 117 heavy (non-hydrogen) atoms. The molecule has 648 valence electrons. The van der Waals surface area contributed by atoms with Gasteiger partial charge in [-0.05, 0) is 112 Å². The molecule has 31 nitrogen and oxygen atoms in total. The molecule has 0 aliphatic carbocycles. The Hall–Kier alpha value is -8.79. The first-order chi connectivity index (χ1) is 56.2. The number of sulfonamides is 1. The highest BCUT2D eigenvalue weighted by Crippen LogP contribution is 2.35. The Balaban J connectivity index is 0.654. The van der Waals surface area contributed by atoms with Gasteiger partial charge >= 0.3 is 18.2 Å². The van der Waals surface area contributed by atoms with E-state index in [0.717, 1.165) is 6.42 Å². The summed E-state index contributed by atoms with van der Waals surface area (Å²) in [6.07, 6.45) is 3.27. The first-order valence-corrected chi connectivity index (χ1v) is 40.9. The van der Waals surface area contributed by atoms with Crippen molar-refractivity contribution < 1.29 is 121 Å². The number of nitrogens with zero attached hydrogens (tertiary/aromatic N) is 4. The summed E-state index contributed by atoms with van der Waals surface area (Å²) >= 11 is 0. The van der Waals surface area contributed by atoms with Crippen LogP contribution < -0.4 is 31.7 Å². The lowest BCUT2D eigenvalue weighted by Gasteiger charge is -2.38. The van der Waals surface area contributed by atoms with Crippen LogP contribution in [-0.2, 0) is 97.4 Å². The van der Waals surface area contributed by atoms with Gasteiger partial charge < -0.3 is 98.4 Å². The van der Waals surface area contributed by atoms with Crippen molar-refractivity contribution in [3.05, 3.63) is 113 Å². The van der Waals surface area contributed by atoms with Crippen LogP contribution in [0, 0.1) is 35.1 Å². The number of amides is 6. The number of anilines is 1. The van der Waals surface area contributed by atoms with Gasteiger partial charge in [0.1, 0.15) is 30.1 Å². The smallest absolute Gasteiger partial charge is 0.407 e. The fourth-order valence-corrected chi connectivity index (χ4v) is 13.7. The third kappa shape index (κ3) is 33.9. The number of fused-ring (bicyclic) bond motifs is 1. The molecule has 2 atom stereocenters. The Bertz CT molecular complexity index is 3980. The van der Waals surface area contributed by atoms with Crippen LogP contribution >= 0.6 is 0 Å². The standard InChI is InChI=1S/C81H113F4N9O22S/c1-7-24-92(25-11-23-87-80(101)116-81(4,5)6)78(99)62-47-61-19-18-60(49-67(61)90-69(86)50-62)59-12-8-13-64(48-59)117(102,103)93-53-58(54-93)52-88-79(100)114-55-57-16-20-63(21-17-57)89-77(98)74(56(2)3)91-76(97)68-14-9-26-94(68)70(95)15-10-27-104-29-31-106-33-35-108-37-39-110-41-43-112-45-46-113-44-42-111-40-38-109-36-34-107-32-30-105-28-22-71(96)115-75-72(84)65(82)51-66(83)73(75)85/h8,12-13,16-21,47-49,51,56,58,68,74H,7,9-11,14-15,22-46,50,52-55H2,1-6H3,(H2,86,90)(H,87,101)(H,88,100)(H,89,98)(H,91,97)/t68?,74-/m0/s1. The first-order valence-electron chi connectivity index (χ1n) is 39.5. The van der Waals surface area contributed by atoms with E-state index in [1.54, 1.807) is 79.1 Å². The van der Waals surface area contributed by atoms with Gasteiger partial charge in [0.05, 0.1) is 143 Å². The number of hydrogen-bond acceptors (Lipinski definition) is 24. The number of benzene rings is 4. The first kappa shape index (κ1) is 95.4. The zero-order valence-corrected chi connectivity index (χ0v) is 68.4. The zero-order valence-electron chi connectivity index (χ0n) is 67.5. The number of alkyl carbamates (subject to hydrolysis) is 2. The fourth-order valence-electron chi connectivity index (χ4n) is 12.1. The maximum atomic E-state index is 13.9. The number of aliphatic imine (C=N–C) groups is 1. The van der Waals surface area contributed by atoms with Gasteiger partial charge in [0.2, 0.25) is 51.0 Å². The van der Waals surface area contributed by atoms with Gasteiger partial charge in [-0.15, -0.1) is 0 Å². The van der Waals surface area contributed by atoms with E-state index in [2.05, 4.69) is 31.0 Å². The predicted octanol–water partition coefficient (Wildman–Crippen LogP) is 8.40. The molecule has 4 aromatic rings. The molecular weight excluding hydrogens is 1560 g/mol. The topological polar surface area (TPSA) is 370 Å². The molecule has 36 heteroatoms. The molecule has 0 spiro atoms. The SMILES string of the molecule is CCCN(CCCNC(=O)OC(C)(C)C)C(=O)C1=Cc2ccc(-c3cccc(S(=O)(=O)N4CC(CNC(=O)OCc5ccc(NC(=O)[C@@H](NC(=O)C6CCCN6C(=O)CCCOCCOCCOCCOCCOCCOCCOCCOCCOCCOCCC(=O)Oc6c(F)c(F)cc(F)c6F)C(C)C)cc5)C4)c3)cc2N=C(N)C1. The minimum Gasteiger partial charge on any atom is -0.445 e. The average Bonchev–Trinajstić information content (AvgIpc) is 1.05. The van der Waals surface area contributed by atoms with Crippen molar-refractivity contribution in [1.82, 2.24) is 30.1 Å². The molecule has 3 heterocycles. The van der Waals surface area contributed by atoms with Crippen LogP contribution in [0.15, 0.2) is 88.3 Å². The van der Waals surface area contributed by atoms with Crippen molar-refractivity contribution in [3.8, 4) is 16.9 Å². The van der Waals surface area contributed by atoms with Gasteiger partial charge in [0.25, 0.3) is 0 Å². The number of amidine groups is 1.